The second kappa shape index (κ2) is 6.41. The Morgan fingerprint density at radius 3 is 2.33 bits per heavy atom. The Balaban J connectivity index is 2.49. The topological polar surface area (TPSA) is 63.6 Å². The van der Waals surface area contributed by atoms with E-state index in [2.05, 4.69) is 0 Å². The van der Waals surface area contributed by atoms with Crippen LogP contribution in [0, 0.1) is 0 Å². The minimum Gasteiger partial charge on any atom is -0.480 e. The summed E-state index contributed by atoms with van der Waals surface area (Å²) in [6, 6.07) is 14.4. The first kappa shape index (κ1) is 15.1. The number of carbonyl (C=O) groups excluding carboxylic acids is 1. The van der Waals surface area contributed by atoms with Crippen molar-refractivity contribution in [3.05, 3.63) is 54.1 Å². The molecule has 0 bridgehead atoms. The molecule has 0 saturated carbocycles. The molecule has 2 aromatic rings. The maximum absolute atomic E-state index is 11.2. The van der Waals surface area contributed by atoms with Crippen molar-refractivity contribution in [1.82, 2.24) is 0 Å². The molecule has 0 fully saturated rings. The molecule has 2 rings (SSSR count). The Kier molecular flexibility index (Phi) is 4.60. The van der Waals surface area contributed by atoms with Gasteiger partial charge in [-0.05, 0) is 17.2 Å². The van der Waals surface area contributed by atoms with Crippen LogP contribution in [0.5, 0.6) is 5.75 Å². The summed E-state index contributed by atoms with van der Waals surface area (Å²) in [5, 5.41) is 7.73. The van der Waals surface area contributed by atoms with Crippen LogP contribution in [0.1, 0.15) is 17.9 Å². The molecule has 0 heterocycles. The molecule has 5 heteroatoms. The van der Waals surface area contributed by atoms with Crippen molar-refractivity contribution in [2.24, 2.45) is 0 Å². The maximum Gasteiger partial charge on any atom is 0.326 e. The van der Waals surface area contributed by atoms with Gasteiger partial charge in [0.05, 0.1) is 0 Å². The number of hydrogen-bond donors (Lipinski definition) is 1. The number of benzene rings is 2. The Morgan fingerprint density at radius 2 is 1.76 bits per heavy atom. The van der Waals surface area contributed by atoms with Crippen molar-refractivity contribution in [3.8, 4) is 16.9 Å². The van der Waals surface area contributed by atoms with Gasteiger partial charge < -0.3 is 9.84 Å². The zero-order valence-corrected chi connectivity index (χ0v) is 12.0. The molecular weight excluding hydrogens is 292 g/mol. The van der Waals surface area contributed by atoms with Crippen LogP contribution < -0.4 is 4.74 Å². The molecule has 0 spiro atoms. The number of hydrogen-bond acceptors (Lipinski definition) is 3. The molecule has 0 saturated heterocycles. The summed E-state index contributed by atoms with van der Waals surface area (Å²) in [4.78, 5) is 22.2. The molecule has 2 aromatic carbocycles. The van der Waals surface area contributed by atoms with Crippen LogP contribution in [0.25, 0.3) is 11.1 Å². The van der Waals surface area contributed by atoms with Crippen LogP contribution in [0.3, 0.4) is 0 Å². The molecule has 0 aliphatic heterocycles. The smallest absolute Gasteiger partial charge is 0.326 e. The van der Waals surface area contributed by atoms with Gasteiger partial charge in [-0.3, -0.25) is 9.59 Å². The highest BCUT2D eigenvalue weighted by Crippen LogP contribution is 2.34. The Hall–Kier alpha value is -2.33. The molecule has 0 aliphatic rings. The van der Waals surface area contributed by atoms with Crippen LogP contribution in [-0.2, 0) is 9.59 Å². The molecule has 0 amide bonds. The van der Waals surface area contributed by atoms with Crippen molar-refractivity contribution in [1.29, 1.82) is 0 Å². The van der Waals surface area contributed by atoms with Crippen LogP contribution in [0.4, 0.5) is 0 Å². The number of aliphatic carboxylic acids is 1. The largest absolute Gasteiger partial charge is 0.480 e. The Labute approximate surface area is 126 Å². The first-order valence-corrected chi connectivity index (χ1v) is 6.67. The zero-order chi connectivity index (χ0) is 15.4. The Morgan fingerprint density at radius 1 is 1.10 bits per heavy atom. The van der Waals surface area contributed by atoms with E-state index >= 15 is 0 Å². The molecule has 108 valence electrons. The summed E-state index contributed by atoms with van der Waals surface area (Å²) >= 11 is 5.84. The predicted octanol–water partition coefficient (Wildman–Crippen LogP) is 3.64. The van der Waals surface area contributed by atoms with Crippen molar-refractivity contribution >= 4 is 23.5 Å². The minimum atomic E-state index is -1.27. The lowest BCUT2D eigenvalue weighted by Gasteiger charge is -2.13. The van der Waals surface area contributed by atoms with Crippen LogP contribution >= 0.6 is 11.6 Å². The van der Waals surface area contributed by atoms with Crippen molar-refractivity contribution in [2.75, 3.05) is 0 Å². The number of carbonyl (C=O) groups is 2. The van der Waals surface area contributed by atoms with Crippen molar-refractivity contribution < 1.29 is 19.4 Å². The van der Waals surface area contributed by atoms with Crippen LogP contribution in [0.15, 0.2) is 48.5 Å². The van der Waals surface area contributed by atoms with E-state index in [0.29, 0.717) is 0 Å². The maximum atomic E-state index is 11.2. The van der Waals surface area contributed by atoms with Crippen LogP contribution in [0.2, 0.25) is 0 Å². The number of halogens is 1. The van der Waals surface area contributed by atoms with E-state index in [1.54, 1.807) is 18.2 Å². The molecular formula is C16H13ClO4. The number of esters is 1. The Bertz CT molecular complexity index is 667. The third-order valence-corrected chi connectivity index (χ3v) is 3.29. The quantitative estimate of drug-likeness (QED) is 0.532. The van der Waals surface area contributed by atoms with Crippen molar-refractivity contribution in [3.63, 3.8) is 0 Å². The molecule has 0 aliphatic carbocycles. The fourth-order valence-corrected chi connectivity index (χ4v) is 2.11. The van der Waals surface area contributed by atoms with Gasteiger partial charge in [0.25, 0.3) is 0 Å². The standard InChI is InChI=1S/C16H13ClO4/c1-10(18)21-14-9-12(11-5-3-2-4-6-11)7-8-13(14)15(17)16(19)20/h2-9,15H,1H3,(H,19,20). The van der Waals surface area contributed by atoms with Gasteiger partial charge in [0, 0.05) is 12.5 Å². The summed E-state index contributed by atoms with van der Waals surface area (Å²) in [5.41, 5.74) is 1.99. The lowest BCUT2D eigenvalue weighted by atomic mass is 10.0. The number of alkyl halides is 1. The second-order valence-corrected chi connectivity index (χ2v) is 4.85. The summed E-state index contributed by atoms with van der Waals surface area (Å²) in [6.45, 7) is 1.25. The third kappa shape index (κ3) is 3.61. The highest BCUT2D eigenvalue weighted by atomic mass is 35.5. The molecule has 0 aromatic heterocycles. The van der Waals surface area contributed by atoms with E-state index < -0.39 is 17.3 Å². The van der Waals surface area contributed by atoms with Crippen molar-refractivity contribution in [2.45, 2.75) is 12.3 Å². The zero-order valence-electron chi connectivity index (χ0n) is 11.2. The number of carboxylic acids is 1. The van der Waals surface area contributed by atoms with Gasteiger partial charge in [0.2, 0.25) is 0 Å². The summed E-state index contributed by atoms with van der Waals surface area (Å²) in [7, 11) is 0. The van der Waals surface area contributed by atoms with E-state index in [0.717, 1.165) is 11.1 Å². The fourth-order valence-electron chi connectivity index (χ4n) is 1.93. The van der Waals surface area contributed by atoms with Gasteiger partial charge in [0.15, 0.2) is 5.38 Å². The third-order valence-electron chi connectivity index (χ3n) is 2.86. The highest BCUT2D eigenvalue weighted by Gasteiger charge is 2.22. The van der Waals surface area contributed by atoms with Gasteiger partial charge in [-0.1, -0.05) is 42.5 Å². The lowest BCUT2D eigenvalue weighted by Crippen LogP contribution is -2.10. The molecule has 4 nitrogen and oxygen atoms in total. The van der Waals surface area contributed by atoms with E-state index in [1.165, 1.54) is 6.92 Å². The minimum absolute atomic E-state index is 0.159. The van der Waals surface area contributed by atoms with Gasteiger partial charge in [-0.2, -0.15) is 0 Å². The van der Waals surface area contributed by atoms with E-state index in [-0.39, 0.29) is 11.3 Å². The number of rotatable bonds is 4. The molecule has 1 N–H and O–H groups in total. The predicted molar refractivity (Wildman–Crippen MR) is 79.4 cm³/mol. The molecule has 1 unspecified atom stereocenters. The lowest BCUT2D eigenvalue weighted by molar-refractivity contribution is -0.137. The summed E-state index contributed by atoms with van der Waals surface area (Å²) < 4.78 is 5.09. The first-order valence-electron chi connectivity index (χ1n) is 6.23. The fraction of sp³-hybridized carbons (Fsp3) is 0.125. The average Bonchev–Trinajstić information content (AvgIpc) is 2.46. The van der Waals surface area contributed by atoms with Gasteiger partial charge >= 0.3 is 11.9 Å². The van der Waals surface area contributed by atoms with E-state index in [4.69, 9.17) is 21.4 Å². The monoisotopic (exact) mass is 304 g/mol. The van der Waals surface area contributed by atoms with Gasteiger partial charge in [-0.15, -0.1) is 11.6 Å². The SMILES string of the molecule is CC(=O)Oc1cc(-c2ccccc2)ccc1C(Cl)C(=O)O. The molecule has 21 heavy (non-hydrogen) atoms. The van der Waals surface area contributed by atoms with Gasteiger partial charge in [-0.25, -0.2) is 0 Å². The number of carboxylic acid groups (broad SMARTS) is 1. The number of ether oxygens (including phenoxy) is 1. The van der Waals surface area contributed by atoms with Gasteiger partial charge in [0.1, 0.15) is 5.75 Å². The summed E-state index contributed by atoms with van der Waals surface area (Å²) in [6.07, 6.45) is 0. The molecule has 1 atom stereocenters. The molecule has 0 radical (unpaired) electrons. The second-order valence-electron chi connectivity index (χ2n) is 4.41. The summed E-state index contributed by atoms with van der Waals surface area (Å²) in [5.74, 6) is -1.57. The van der Waals surface area contributed by atoms with E-state index in [1.807, 2.05) is 30.3 Å². The highest BCUT2D eigenvalue weighted by molar-refractivity contribution is 6.29. The first-order chi connectivity index (χ1) is 9.99. The normalized spacial score (nSPS) is 11.7. The average molecular weight is 305 g/mol. The van der Waals surface area contributed by atoms with Crippen LogP contribution in [-0.4, -0.2) is 17.0 Å². The van der Waals surface area contributed by atoms with E-state index in [9.17, 15) is 9.59 Å².